The van der Waals surface area contributed by atoms with Crippen LogP contribution in [0.1, 0.15) is 23.7 Å². The standard InChI is InChI=1S/C14H17N3O3S/c1-14(4-5-21(19,20)8-14)17-13(18)11-7-16-12-6-9(15)2-3-10(11)12/h2-3,6-7,16H,4-5,8,15H2,1H3,(H,17,18). The summed E-state index contributed by atoms with van der Waals surface area (Å²) in [5.74, 6) is -0.166. The molecule has 1 aliphatic heterocycles. The van der Waals surface area contributed by atoms with E-state index < -0.39 is 15.4 Å². The van der Waals surface area contributed by atoms with Crippen LogP contribution in [0.2, 0.25) is 0 Å². The Morgan fingerprint density at radius 3 is 2.86 bits per heavy atom. The molecule has 0 radical (unpaired) electrons. The predicted molar refractivity (Wildman–Crippen MR) is 81.9 cm³/mol. The highest BCUT2D eigenvalue weighted by molar-refractivity contribution is 7.91. The Balaban J connectivity index is 1.88. The van der Waals surface area contributed by atoms with Crippen molar-refractivity contribution >= 4 is 32.3 Å². The molecule has 3 rings (SSSR count). The third-order valence-electron chi connectivity index (χ3n) is 3.87. The lowest BCUT2D eigenvalue weighted by Gasteiger charge is -2.23. The van der Waals surface area contributed by atoms with Gasteiger partial charge >= 0.3 is 0 Å². The van der Waals surface area contributed by atoms with E-state index in [9.17, 15) is 13.2 Å². The van der Waals surface area contributed by atoms with E-state index >= 15 is 0 Å². The number of fused-ring (bicyclic) bond motifs is 1. The van der Waals surface area contributed by atoms with Gasteiger partial charge < -0.3 is 16.0 Å². The van der Waals surface area contributed by atoms with Crippen molar-refractivity contribution in [1.82, 2.24) is 10.3 Å². The van der Waals surface area contributed by atoms with Crippen LogP contribution in [-0.2, 0) is 9.84 Å². The van der Waals surface area contributed by atoms with E-state index in [1.165, 1.54) is 0 Å². The summed E-state index contributed by atoms with van der Waals surface area (Å²) in [5, 5.41) is 3.62. The summed E-state index contributed by atoms with van der Waals surface area (Å²) in [4.78, 5) is 15.4. The normalized spacial score (nSPS) is 24.2. The van der Waals surface area contributed by atoms with E-state index in [1.54, 1.807) is 31.3 Å². The van der Waals surface area contributed by atoms with Crippen LogP contribution in [0.25, 0.3) is 10.9 Å². The van der Waals surface area contributed by atoms with Gasteiger partial charge in [-0.15, -0.1) is 0 Å². The SMILES string of the molecule is CC1(NC(=O)c2c[nH]c3cc(N)ccc23)CCS(=O)(=O)C1. The minimum absolute atomic E-state index is 0.0129. The fourth-order valence-electron chi connectivity index (χ4n) is 2.78. The molecule has 1 unspecified atom stereocenters. The molecule has 4 N–H and O–H groups in total. The molecular formula is C14H17N3O3S. The van der Waals surface area contributed by atoms with E-state index in [0.29, 0.717) is 17.7 Å². The molecule has 2 aromatic rings. The summed E-state index contributed by atoms with van der Waals surface area (Å²) in [5.41, 5.74) is 6.90. The summed E-state index contributed by atoms with van der Waals surface area (Å²) < 4.78 is 23.2. The van der Waals surface area contributed by atoms with Gasteiger partial charge in [0.15, 0.2) is 9.84 Å². The van der Waals surface area contributed by atoms with Gasteiger partial charge in [0.05, 0.1) is 22.6 Å². The van der Waals surface area contributed by atoms with Gasteiger partial charge in [-0.25, -0.2) is 8.42 Å². The van der Waals surface area contributed by atoms with Crippen molar-refractivity contribution in [2.75, 3.05) is 17.2 Å². The number of carbonyl (C=O) groups excluding carboxylic acids is 1. The summed E-state index contributed by atoms with van der Waals surface area (Å²) in [6.07, 6.45) is 2.06. The van der Waals surface area contributed by atoms with Gasteiger partial charge in [-0.05, 0) is 31.5 Å². The molecule has 1 fully saturated rings. The molecule has 1 aromatic carbocycles. The Morgan fingerprint density at radius 2 is 2.19 bits per heavy atom. The van der Waals surface area contributed by atoms with Crippen LogP contribution < -0.4 is 11.1 Å². The molecule has 0 spiro atoms. The van der Waals surface area contributed by atoms with Gasteiger partial charge in [-0.2, -0.15) is 0 Å². The predicted octanol–water partition coefficient (Wildman–Crippen LogP) is 1.06. The van der Waals surface area contributed by atoms with E-state index in [1.807, 2.05) is 0 Å². The summed E-state index contributed by atoms with van der Waals surface area (Å²) in [6, 6.07) is 5.27. The highest BCUT2D eigenvalue weighted by Gasteiger charge is 2.39. The molecule has 1 saturated heterocycles. The number of benzene rings is 1. The maximum Gasteiger partial charge on any atom is 0.253 e. The lowest BCUT2D eigenvalue weighted by atomic mass is 10.0. The molecule has 1 amide bonds. The number of sulfone groups is 1. The zero-order chi connectivity index (χ0) is 15.3. The molecule has 0 bridgehead atoms. The molecular weight excluding hydrogens is 290 g/mol. The van der Waals surface area contributed by atoms with Crippen molar-refractivity contribution in [3.8, 4) is 0 Å². The Bertz CT molecular complexity index is 825. The van der Waals surface area contributed by atoms with Crippen LogP contribution in [0.3, 0.4) is 0 Å². The molecule has 7 heteroatoms. The average molecular weight is 307 g/mol. The lowest BCUT2D eigenvalue weighted by molar-refractivity contribution is 0.0917. The molecule has 6 nitrogen and oxygen atoms in total. The van der Waals surface area contributed by atoms with Gasteiger partial charge in [-0.3, -0.25) is 4.79 Å². The number of aromatic amines is 1. The Hall–Kier alpha value is -2.02. The van der Waals surface area contributed by atoms with E-state index in [-0.39, 0.29) is 17.4 Å². The number of nitrogens with one attached hydrogen (secondary N) is 2. The highest BCUT2D eigenvalue weighted by atomic mass is 32.2. The minimum atomic E-state index is -3.06. The summed E-state index contributed by atoms with van der Waals surface area (Å²) >= 11 is 0. The van der Waals surface area contributed by atoms with Crippen molar-refractivity contribution < 1.29 is 13.2 Å². The van der Waals surface area contributed by atoms with Crippen molar-refractivity contribution in [3.63, 3.8) is 0 Å². The van der Waals surface area contributed by atoms with Crippen LogP contribution in [0.5, 0.6) is 0 Å². The van der Waals surface area contributed by atoms with Gasteiger partial charge in [0.25, 0.3) is 5.91 Å². The van der Waals surface area contributed by atoms with Crippen LogP contribution in [0.4, 0.5) is 5.69 Å². The summed E-state index contributed by atoms with van der Waals surface area (Å²) in [6.45, 7) is 1.77. The second-order valence-electron chi connectivity index (χ2n) is 5.86. The molecule has 1 atom stereocenters. The number of rotatable bonds is 2. The Morgan fingerprint density at radius 1 is 1.43 bits per heavy atom. The molecule has 112 valence electrons. The minimum Gasteiger partial charge on any atom is -0.399 e. The first-order valence-corrected chi connectivity index (χ1v) is 8.50. The van der Waals surface area contributed by atoms with Crippen molar-refractivity contribution in [2.24, 2.45) is 0 Å². The van der Waals surface area contributed by atoms with Crippen molar-refractivity contribution in [3.05, 3.63) is 30.0 Å². The zero-order valence-corrected chi connectivity index (χ0v) is 12.5. The van der Waals surface area contributed by atoms with E-state index in [0.717, 1.165) is 10.9 Å². The number of H-pyrrole nitrogens is 1. The first-order chi connectivity index (χ1) is 9.78. The van der Waals surface area contributed by atoms with Gasteiger partial charge in [0.1, 0.15) is 0 Å². The number of nitrogen functional groups attached to an aromatic ring is 1. The second kappa shape index (κ2) is 4.49. The van der Waals surface area contributed by atoms with E-state index in [2.05, 4.69) is 10.3 Å². The summed E-state index contributed by atoms with van der Waals surface area (Å²) in [7, 11) is -3.06. The number of hydrogen-bond acceptors (Lipinski definition) is 4. The average Bonchev–Trinajstić information content (AvgIpc) is 2.89. The zero-order valence-electron chi connectivity index (χ0n) is 11.6. The highest BCUT2D eigenvalue weighted by Crippen LogP contribution is 2.25. The number of anilines is 1. The second-order valence-corrected chi connectivity index (χ2v) is 8.05. The third kappa shape index (κ3) is 2.61. The maximum absolute atomic E-state index is 12.4. The van der Waals surface area contributed by atoms with Crippen LogP contribution in [0, 0.1) is 0 Å². The number of carbonyl (C=O) groups is 1. The Labute approximate surface area is 122 Å². The molecule has 0 aliphatic carbocycles. The van der Waals surface area contributed by atoms with Crippen LogP contribution >= 0.6 is 0 Å². The quantitative estimate of drug-likeness (QED) is 0.721. The molecule has 2 heterocycles. The molecule has 1 aliphatic rings. The molecule has 1 aromatic heterocycles. The van der Waals surface area contributed by atoms with Crippen LogP contribution in [-0.4, -0.2) is 36.4 Å². The van der Waals surface area contributed by atoms with Crippen LogP contribution in [0.15, 0.2) is 24.4 Å². The smallest absolute Gasteiger partial charge is 0.253 e. The van der Waals surface area contributed by atoms with Crippen molar-refractivity contribution in [2.45, 2.75) is 18.9 Å². The van der Waals surface area contributed by atoms with Gasteiger partial charge in [0.2, 0.25) is 0 Å². The largest absolute Gasteiger partial charge is 0.399 e. The molecule has 0 saturated carbocycles. The fraction of sp³-hybridized carbons (Fsp3) is 0.357. The van der Waals surface area contributed by atoms with Gasteiger partial charge in [0, 0.05) is 22.8 Å². The maximum atomic E-state index is 12.4. The topological polar surface area (TPSA) is 105 Å². The lowest BCUT2D eigenvalue weighted by Crippen LogP contribution is -2.46. The number of amides is 1. The Kier molecular flexibility index (Phi) is 2.98. The number of nitrogens with two attached hydrogens (primary N) is 1. The first-order valence-electron chi connectivity index (χ1n) is 6.68. The van der Waals surface area contributed by atoms with Gasteiger partial charge in [-0.1, -0.05) is 0 Å². The fourth-order valence-corrected chi connectivity index (χ4v) is 4.88. The third-order valence-corrected chi connectivity index (χ3v) is 5.77. The number of hydrogen-bond donors (Lipinski definition) is 3. The van der Waals surface area contributed by atoms with E-state index in [4.69, 9.17) is 5.73 Å². The van der Waals surface area contributed by atoms with Crippen molar-refractivity contribution in [1.29, 1.82) is 0 Å². The number of aromatic nitrogens is 1. The first kappa shape index (κ1) is 13.9. The monoisotopic (exact) mass is 307 g/mol. The molecule has 21 heavy (non-hydrogen) atoms.